The Morgan fingerprint density at radius 2 is 1.78 bits per heavy atom. The quantitative estimate of drug-likeness (QED) is 0.752. The highest BCUT2D eigenvalue weighted by Gasteiger charge is 2.04. The maximum absolute atomic E-state index is 11.1. The zero-order valence-electron chi connectivity index (χ0n) is 10.2. The Labute approximate surface area is 111 Å². The number of carbonyl (C=O) groups excluding carboxylic acids is 1. The number of carbonyl (C=O) groups is 1. The smallest absolute Gasteiger partial charge is 0.159 e. The molecule has 0 aromatic heterocycles. The van der Waals surface area contributed by atoms with Gasteiger partial charge in [0.15, 0.2) is 5.78 Å². The second-order valence-corrected chi connectivity index (χ2v) is 4.52. The van der Waals surface area contributed by atoms with Gasteiger partial charge in [0.2, 0.25) is 0 Å². The van der Waals surface area contributed by atoms with Crippen molar-refractivity contribution in [2.24, 2.45) is 0 Å². The number of halogens is 1. The van der Waals surface area contributed by atoms with E-state index in [2.05, 4.69) is 0 Å². The Bertz CT molecular complexity index is 574. The van der Waals surface area contributed by atoms with Gasteiger partial charge < -0.3 is 4.74 Å². The van der Waals surface area contributed by atoms with Gasteiger partial charge in [0.1, 0.15) is 11.5 Å². The molecule has 92 valence electrons. The van der Waals surface area contributed by atoms with Crippen molar-refractivity contribution in [3.63, 3.8) is 0 Å². The van der Waals surface area contributed by atoms with Crippen LogP contribution in [0.3, 0.4) is 0 Å². The van der Waals surface area contributed by atoms with Crippen molar-refractivity contribution in [3.8, 4) is 11.5 Å². The monoisotopic (exact) mass is 260 g/mol. The summed E-state index contributed by atoms with van der Waals surface area (Å²) in [6.07, 6.45) is 0. The number of rotatable bonds is 3. The number of aryl methyl sites for hydroxylation is 1. The van der Waals surface area contributed by atoms with E-state index in [9.17, 15) is 4.79 Å². The summed E-state index contributed by atoms with van der Waals surface area (Å²) < 4.78 is 5.66. The van der Waals surface area contributed by atoms with Crippen LogP contribution in [0.15, 0.2) is 42.5 Å². The second-order valence-electron chi connectivity index (χ2n) is 4.12. The lowest BCUT2D eigenvalue weighted by atomic mass is 10.1. The summed E-state index contributed by atoms with van der Waals surface area (Å²) in [5.74, 6) is 1.30. The fourth-order valence-corrected chi connectivity index (χ4v) is 1.85. The van der Waals surface area contributed by atoms with Crippen molar-refractivity contribution in [2.75, 3.05) is 0 Å². The normalized spacial score (nSPS) is 10.2. The van der Waals surface area contributed by atoms with E-state index in [1.54, 1.807) is 24.3 Å². The zero-order chi connectivity index (χ0) is 13.1. The van der Waals surface area contributed by atoms with Crippen LogP contribution < -0.4 is 4.74 Å². The van der Waals surface area contributed by atoms with Gasteiger partial charge in [-0.2, -0.15) is 0 Å². The summed E-state index contributed by atoms with van der Waals surface area (Å²) in [5.41, 5.74) is 1.75. The van der Waals surface area contributed by atoms with Crippen molar-refractivity contribution in [1.29, 1.82) is 0 Å². The topological polar surface area (TPSA) is 26.3 Å². The van der Waals surface area contributed by atoms with Crippen molar-refractivity contribution in [3.05, 3.63) is 58.6 Å². The molecule has 0 heterocycles. The molecular weight excluding hydrogens is 248 g/mol. The molecule has 0 radical (unpaired) electrons. The molecule has 0 N–H and O–H groups in total. The van der Waals surface area contributed by atoms with Crippen molar-refractivity contribution in [2.45, 2.75) is 13.8 Å². The molecule has 2 nitrogen and oxygen atoms in total. The number of benzene rings is 2. The molecule has 2 rings (SSSR count). The predicted octanol–water partition coefficient (Wildman–Crippen LogP) is 4.64. The van der Waals surface area contributed by atoms with E-state index in [1.807, 2.05) is 25.1 Å². The van der Waals surface area contributed by atoms with E-state index in [4.69, 9.17) is 16.3 Å². The number of hydrogen-bond acceptors (Lipinski definition) is 2. The van der Waals surface area contributed by atoms with Gasteiger partial charge in [-0.15, -0.1) is 0 Å². The fraction of sp³-hybridized carbons (Fsp3) is 0.133. The summed E-state index contributed by atoms with van der Waals surface area (Å²) in [6, 6.07) is 12.6. The lowest BCUT2D eigenvalue weighted by Crippen LogP contribution is -1.91. The third-order valence-corrected chi connectivity index (χ3v) is 2.87. The predicted molar refractivity (Wildman–Crippen MR) is 72.7 cm³/mol. The maximum atomic E-state index is 11.1. The van der Waals surface area contributed by atoms with E-state index in [-0.39, 0.29) is 5.78 Å². The zero-order valence-corrected chi connectivity index (χ0v) is 11.0. The van der Waals surface area contributed by atoms with E-state index in [0.29, 0.717) is 22.1 Å². The Morgan fingerprint density at radius 1 is 1.11 bits per heavy atom. The molecule has 18 heavy (non-hydrogen) atoms. The van der Waals surface area contributed by atoms with Crippen LogP contribution in [-0.4, -0.2) is 5.78 Å². The Morgan fingerprint density at radius 3 is 2.33 bits per heavy atom. The van der Waals surface area contributed by atoms with Crippen LogP contribution in [0.4, 0.5) is 0 Å². The first-order valence-corrected chi connectivity index (χ1v) is 5.99. The summed E-state index contributed by atoms with van der Waals surface area (Å²) in [6.45, 7) is 3.50. The lowest BCUT2D eigenvalue weighted by molar-refractivity contribution is 0.101. The summed E-state index contributed by atoms with van der Waals surface area (Å²) >= 11 is 6.08. The molecule has 0 amide bonds. The van der Waals surface area contributed by atoms with Gasteiger partial charge in [0, 0.05) is 5.56 Å². The number of ketones is 1. The minimum atomic E-state index is 0.0370. The van der Waals surface area contributed by atoms with Gasteiger partial charge >= 0.3 is 0 Å². The lowest BCUT2D eigenvalue weighted by Gasteiger charge is -2.08. The Kier molecular flexibility index (Phi) is 3.68. The van der Waals surface area contributed by atoms with Gasteiger partial charge in [-0.25, -0.2) is 0 Å². The van der Waals surface area contributed by atoms with Crippen LogP contribution in [0.1, 0.15) is 22.8 Å². The molecular formula is C15H13ClO2. The van der Waals surface area contributed by atoms with Crippen LogP contribution in [0.2, 0.25) is 5.02 Å². The molecule has 0 aliphatic carbocycles. The third kappa shape index (κ3) is 2.90. The molecule has 0 fully saturated rings. The molecule has 0 aliphatic heterocycles. The molecule has 0 aliphatic rings. The molecule has 0 spiro atoms. The number of Topliss-reactive ketones (excluding diaryl/α,β-unsaturated/α-hetero) is 1. The first-order valence-electron chi connectivity index (χ1n) is 5.61. The minimum Gasteiger partial charge on any atom is -0.456 e. The minimum absolute atomic E-state index is 0.0370. The van der Waals surface area contributed by atoms with Gasteiger partial charge in [-0.05, 0) is 55.8 Å². The average molecular weight is 261 g/mol. The molecule has 0 unspecified atom stereocenters. The van der Waals surface area contributed by atoms with E-state index >= 15 is 0 Å². The molecule has 0 saturated carbocycles. The summed E-state index contributed by atoms with van der Waals surface area (Å²) in [5, 5.41) is 0.575. The Hall–Kier alpha value is -1.80. The average Bonchev–Trinajstić information content (AvgIpc) is 2.33. The van der Waals surface area contributed by atoms with Crippen molar-refractivity contribution >= 4 is 17.4 Å². The highest BCUT2D eigenvalue weighted by atomic mass is 35.5. The molecule has 2 aromatic carbocycles. The molecule has 0 atom stereocenters. The highest BCUT2D eigenvalue weighted by Crippen LogP contribution is 2.30. The van der Waals surface area contributed by atoms with Crippen LogP contribution in [0.25, 0.3) is 0 Å². The number of hydrogen-bond donors (Lipinski definition) is 0. The van der Waals surface area contributed by atoms with Gasteiger partial charge in [-0.1, -0.05) is 17.7 Å². The Balaban J connectivity index is 2.21. The van der Waals surface area contributed by atoms with Gasteiger partial charge in [-0.3, -0.25) is 4.79 Å². The second kappa shape index (κ2) is 5.23. The first-order chi connectivity index (χ1) is 8.56. The summed E-state index contributed by atoms with van der Waals surface area (Å²) in [7, 11) is 0. The van der Waals surface area contributed by atoms with Crippen molar-refractivity contribution < 1.29 is 9.53 Å². The number of ether oxygens (including phenoxy) is 1. The van der Waals surface area contributed by atoms with Crippen LogP contribution in [-0.2, 0) is 0 Å². The highest BCUT2D eigenvalue weighted by molar-refractivity contribution is 6.32. The molecule has 3 heteroatoms. The van der Waals surface area contributed by atoms with E-state index in [0.717, 1.165) is 5.56 Å². The summed E-state index contributed by atoms with van der Waals surface area (Å²) in [4.78, 5) is 11.1. The fourth-order valence-electron chi connectivity index (χ4n) is 1.57. The van der Waals surface area contributed by atoms with E-state index < -0.39 is 0 Å². The molecule has 0 bridgehead atoms. The third-order valence-electron chi connectivity index (χ3n) is 2.58. The van der Waals surface area contributed by atoms with Crippen molar-refractivity contribution in [1.82, 2.24) is 0 Å². The van der Waals surface area contributed by atoms with E-state index in [1.165, 1.54) is 6.92 Å². The maximum Gasteiger partial charge on any atom is 0.159 e. The SMILES string of the molecule is CC(=O)c1ccc(Oc2ccc(C)cc2Cl)cc1. The van der Waals surface area contributed by atoms with Gasteiger partial charge in [0.25, 0.3) is 0 Å². The van der Waals surface area contributed by atoms with Crippen LogP contribution >= 0.6 is 11.6 Å². The molecule has 0 saturated heterocycles. The first kappa shape index (κ1) is 12.7. The van der Waals surface area contributed by atoms with Gasteiger partial charge in [0.05, 0.1) is 5.02 Å². The van der Waals surface area contributed by atoms with Crippen LogP contribution in [0, 0.1) is 6.92 Å². The standard InChI is InChI=1S/C15H13ClO2/c1-10-3-8-15(14(16)9-10)18-13-6-4-12(5-7-13)11(2)17/h3-9H,1-2H3. The molecule has 2 aromatic rings. The van der Waals surface area contributed by atoms with Crippen LogP contribution in [0.5, 0.6) is 11.5 Å². The largest absolute Gasteiger partial charge is 0.456 e.